The zero-order chi connectivity index (χ0) is 28.4. The molecule has 41 heavy (non-hydrogen) atoms. The highest BCUT2D eigenvalue weighted by atomic mass is 32.2. The number of aromatic nitrogens is 1. The molecule has 2 unspecified atom stereocenters. The van der Waals surface area contributed by atoms with Crippen molar-refractivity contribution in [3.8, 4) is 16.9 Å². The average Bonchev–Trinajstić information content (AvgIpc) is 3.36. The number of ether oxygens (including phenoxy) is 1. The maximum Gasteiger partial charge on any atom is 0.261 e. The molecule has 3 N–H and O–H groups in total. The topological polar surface area (TPSA) is 118 Å². The van der Waals surface area contributed by atoms with E-state index in [1.54, 1.807) is 42.7 Å². The first-order valence-electron chi connectivity index (χ1n) is 13.7. The van der Waals surface area contributed by atoms with Crippen molar-refractivity contribution in [1.82, 2.24) is 10.3 Å². The molecular weight excluding hydrogens is 538 g/mol. The van der Waals surface area contributed by atoms with Crippen LogP contribution in [0.5, 0.6) is 5.75 Å². The summed E-state index contributed by atoms with van der Waals surface area (Å²) in [4.78, 5) is 16.1. The number of carbonyl (C=O) groups is 1. The van der Waals surface area contributed by atoms with Gasteiger partial charge in [0.2, 0.25) is 0 Å². The fourth-order valence-corrected chi connectivity index (χ4v) is 6.45. The molecule has 1 aromatic heterocycles. The monoisotopic (exact) mass is 569 g/mol. The van der Waals surface area contributed by atoms with Crippen LogP contribution in [0.1, 0.15) is 46.0 Å². The second-order valence-corrected chi connectivity index (χ2v) is 12.2. The number of Topliss-reactive ketones (excluding diaryl/α,β-unsaturated/α-hetero) is 1. The van der Waals surface area contributed by atoms with Gasteiger partial charge in [-0.25, -0.2) is 8.42 Å². The Hall–Kier alpha value is -4.05. The normalized spacial score (nSPS) is 16.9. The summed E-state index contributed by atoms with van der Waals surface area (Å²) < 4.78 is 34.8. The largest absolute Gasteiger partial charge is 0.489 e. The first-order chi connectivity index (χ1) is 19.9. The fourth-order valence-electron chi connectivity index (χ4n) is 5.40. The maximum atomic E-state index is 13.0. The summed E-state index contributed by atoms with van der Waals surface area (Å²) in [6.07, 6.45) is 5.57. The second-order valence-electron chi connectivity index (χ2n) is 10.5. The summed E-state index contributed by atoms with van der Waals surface area (Å²) in [5, 5.41) is 13.6. The Morgan fingerprint density at radius 3 is 2.59 bits per heavy atom. The molecule has 0 fully saturated rings. The summed E-state index contributed by atoms with van der Waals surface area (Å²) in [7, 11) is -3.77. The molecule has 0 radical (unpaired) electrons. The number of carbonyl (C=O) groups excluding carboxylic acids is 1. The lowest BCUT2D eigenvalue weighted by atomic mass is 9.97. The van der Waals surface area contributed by atoms with Crippen LogP contribution in [-0.2, 0) is 22.9 Å². The highest BCUT2D eigenvalue weighted by Gasteiger charge is 2.22. The van der Waals surface area contributed by atoms with E-state index in [4.69, 9.17) is 4.74 Å². The number of nitrogens with one attached hydrogen (secondary N) is 2. The Labute approximate surface area is 239 Å². The number of fused-ring (bicyclic) bond motifs is 2. The zero-order valence-electron chi connectivity index (χ0n) is 22.4. The summed E-state index contributed by atoms with van der Waals surface area (Å²) in [5.74, 6) is 0.947. The number of aliphatic hydroxyl groups is 1. The summed E-state index contributed by atoms with van der Waals surface area (Å²) in [6, 6.07) is 21.6. The first kappa shape index (κ1) is 27.1. The first-order valence-corrected chi connectivity index (χ1v) is 15.2. The summed E-state index contributed by atoms with van der Waals surface area (Å²) >= 11 is 0. The molecule has 0 amide bonds. The molecule has 210 valence electrons. The van der Waals surface area contributed by atoms with E-state index >= 15 is 0 Å². The molecule has 0 spiro atoms. The van der Waals surface area contributed by atoms with Gasteiger partial charge in [-0.3, -0.25) is 14.5 Å². The molecule has 1 aliphatic heterocycles. The molecule has 0 saturated heterocycles. The predicted molar refractivity (Wildman–Crippen MR) is 157 cm³/mol. The van der Waals surface area contributed by atoms with Gasteiger partial charge in [0, 0.05) is 48.7 Å². The van der Waals surface area contributed by atoms with Crippen LogP contribution in [0.25, 0.3) is 11.1 Å². The van der Waals surface area contributed by atoms with Crippen molar-refractivity contribution in [3.05, 3.63) is 107 Å². The van der Waals surface area contributed by atoms with Crippen LogP contribution in [0.15, 0.2) is 90.1 Å². The molecule has 2 atom stereocenters. The number of sulfonamides is 1. The Kier molecular flexibility index (Phi) is 7.57. The number of aliphatic hydroxyl groups excluding tert-OH is 1. The third kappa shape index (κ3) is 6.02. The molecule has 3 aromatic carbocycles. The second kappa shape index (κ2) is 11.4. The van der Waals surface area contributed by atoms with E-state index in [1.165, 1.54) is 0 Å². The van der Waals surface area contributed by atoms with Crippen LogP contribution < -0.4 is 14.8 Å². The lowest BCUT2D eigenvalue weighted by molar-refractivity contribution is 0.0994. The highest BCUT2D eigenvalue weighted by molar-refractivity contribution is 7.92. The van der Waals surface area contributed by atoms with E-state index in [0.29, 0.717) is 37.2 Å². The van der Waals surface area contributed by atoms with Gasteiger partial charge in [-0.2, -0.15) is 0 Å². The van der Waals surface area contributed by atoms with Gasteiger partial charge in [-0.1, -0.05) is 24.3 Å². The minimum Gasteiger partial charge on any atom is -0.489 e. The van der Waals surface area contributed by atoms with Crippen molar-refractivity contribution in [2.75, 3.05) is 17.8 Å². The molecule has 0 bridgehead atoms. The van der Waals surface area contributed by atoms with Crippen LogP contribution in [-0.4, -0.2) is 43.5 Å². The zero-order valence-corrected chi connectivity index (χ0v) is 23.2. The Balaban J connectivity index is 1.06. The van der Waals surface area contributed by atoms with Gasteiger partial charge < -0.3 is 15.2 Å². The average molecular weight is 570 g/mol. The SMILES string of the molecule is O=C1CCc2cc(NS(=O)(=O)c3ccc(-c4ccc5c(c4)CCC(CNCC(O)c4cccnc4)O5)cc3)ccc21. The van der Waals surface area contributed by atoms with E-state index in [1.807, 2.05) is 36.4 Å². The predicted octanol–water partition coefficient (Wildman–Crippen LogP) is 4.70. The highest BCUT2D eigenvalue weighted by Crippen LogP contribution is 2.33. The van der Waals surface area contributed by atoms with Gasteiger partial charge in [-0.05, 0) is 90.0 Å². The van der Waals surface area contributed by atoms with Gasteiger partial charge in [0.1, 0.15) is 11.9 Å². The van der Waals surface area contributed by atoms with Crippen LogP contribution in [0.2, 0.25) is 0 Å². The van der Waals surface area contributed by atoms with Crippen LogP contribution in [0, 0.1) is 0 Å². The Morgan fingerprint density at radius 2 is 1.78 bits per heavy atom. The third-order valence-electron chi connectivity index (χ3n) is 7.65. The molecular formula is C32H31N3O5S. The van der Waals surface area contributed by atoms with Crippen molar-refractivity contribution in [2.24, 2.45) is 0 Å². The van der Waals surface area contributed by atoms with E-state index in [-0.39, 0.29) is 16.8 Å². The molecule has 2 heterocycles. The van der Waals surface area contributed by atoms with Gasteiger partial charge in [0.05, 0.1) is 11.0 Å². The van der Waals surface area contributed by atoms with Crippen molar-refractivity contribution >= 4 is 21.5 Å². The number of ketones is 1. The van der Waals surface area contributed by atoms with Crippen molar-refractivity contribution in [2.45, 2.75) is 42.8 Å². The lowest BCUT2D eigenvalue weighted by Gasteiger charge is -2.27. The molecule has 8 nitrogen and oxygen atoms in total. The Bertz CT molecular complexity index is 1670. The van der Waals surface area contributed by atoms with E-state index in [9.17, 15) is 18.3 Å². The number of rotatable bonds is 9. The van der Waals surface area contributed by atoms with E-state index in [0.717, 1.165) is 46.4 Å². The number of pyridine rings is 1. The molecule has 1 aliphatic carbocycles. The van der Waals surface area contributed by atoms with Crippen molar-refractivity contribution in [1.29, 1.82) is 0 Å². The van der Waals surface area contributed by atoms with E-state index in [2.05, 4.69) is 21.1 Å². The van der Waals surface area contributed by atoms with Crippen molar-refractivity contribution in [3.63, 3.8) is 0 Å². The Morgan fingerprint density at radius 1 is 0.951 bits per heavy atom. The summed E-state index contributed by atoms with van der Waals surface area (Å²) in [5.41, 5.74) is 5.81. The smallest absolute Gasteiger partial charge is 0.261 e. The summed E-state index contributed by atoms with van der Waals surface area (Å²) in [6.45, 7) is 1.05. The number of nitrogens with zero attached hydrogens (tertiary/aromatic N) is 1. The van der Waals surface area contributed by atoms with Crippen molar-refractivity contribution < 1.29 is 23.1 Å². The molecule has 9 heteroatoms. The fraction of sp³-hybridized carbons (Fsp3) is 0.250. The number of anilines is 1. The van der Waals surface area contributed by atoms with Gasteiger partial charge in [-0.15, -0.1) is 0 Å². The number of hydrogen-bond donors (Lipinski definition) is 3. The molecule has 6 rings (SSSR count). The van der Waals surface area contributed by atoms with Gasteiger partial charge in [0.25, 0.3) is 10.0 Å². The maximum absolute atomic E-state index is 13.0. The number of benzene rings is 3. The third-order valence-corrected chi connectivity index (χ3v) is 9.04. The van der Waals surface area contributed by atoms with Gasteiger partial charge >= 0.3 is 0 Å². The minimum absolute atomic E-state index is 0.0117. The number of hydrogen-bond acceptors (Lipinski definition) is 7. The van der Waals surface area contributed by atoms with Gasteiger partial charge in [0.15, 0.2) is 5.78 Å². The number of aryl methyl sites for hydroxylation is 2. The van der Waals surface area contributed by atoms with Crippen LogP contribution >= 0.6 is 0 Å². The quantitative estimate of drug-likeness (QED) is 0.268. The molecule has 0 saturated carbocycles. The molecule has 2 aliphatic rings. The minimum atomic E-state index is -3.77. The lowest BCUT2D eigenvalue weighted by Crippen LogP contribution is -2.36. The van der Waals surface area contributed by atoms with E-state index < -0.39 is 16.1 Å². The molecule has 4 aromatic rings. The standard InChI is InChI=1S/C32H31N3O5S/c36-30-13-6-23-17-26(8-12-29(23)30)35-41(38,39)28-10-4-21(5-11-28)22-7-14-32-24(16-22)3-9-27(40-32)19-34-20-31(37)25-2-1-15-33-18-25/h1-2,4-5,7-8,10-12,14-18,27,31,34-35,37H,3,6,9,13,19-20H2. The van der Waals surface area contributed by atoms with Crippen LogP contribution in [0.4, 0.5) is 5.69 Å². The van der Waals surface area contributed by atoms with Crippen LogP contribution in [0.3, 0.4) is 0 Å².